The van der Waals surface area contributed by atoms with Crippen LogP contribution in [0.2, 0.25) is 0 Å². The van der Waals surface area contributed by atoms with Crippen LogP contribution in [0.1, 0.15) is 97.1 Å². The number of halogens is 1. The molecule has 2 N–H and O–H groups in total. The van der Waals surface area contributed by atoms with Crippen molar-refractivity contribution in [1.82, 2.24) is 9.55 Å². The summed E-state index contributed by atoms with van der Waals surface area (Å²) in [7, 11) is 0. The number of hydrogen-bond acceptors (Lipinski definition) is 8. The summed E-state index contributed by atoms with van der Waals surface area (Å²) >= 11 is 0. The lowest BCUT2D eigenvalue weighted by Gasteiger charge is -2.19. The molecule has 4 atom stereocenters. The van der Waals surface area contributed by atoms with Gasteiger partial charge in [-0.3, -0.25) is 14.2 Å². The lowest BCUT2D eigenvalue weighted by Crippen LogP contribution is -2.37. The molecule has 0 amide bonds. The molecule has 1 aliphatic rings. The molecule has 2 rings (SSSR count). The summed E-state index contributed by atoms with van der Waals surface area (Å²) in [5.74, 6) is -0.972. The third-order valence-corrected chi connectivity index (χ3v) is 6.04. The zero-order chi connectivity index (χ0) is 25.6. The quantitative estimate of drug-likeness (QED) is 0.266. The number of hydrogen-bond donors (Lipinski definition) is 1. The second kappa shape index (κ2) is 15.5. The predicted molar refractivity (Wildman–Crippen MR) is 129 cm³/mol. The summed E-state index contributed by atoms with van der Waals surface area (Å²) in [6.45, 7) is 3.94. The van der Waals surface area contributed by atoms with E-state index in [0.29, 0.717) is 12.8 Å². The molecule has 1 aromatic heterocycles. The number of carbonyl (C=O) groups is 2. The van der Waals surface area contributed by atoms with Crippen LogP contribution >= 0.6 is 0 Å². The Hall–Kier alpha value is -2.49. The van der Waals surface area contributed by atoms with Crippen LogP contribution in [0.4, 0.5) is 10.2 Å². The van der Waals surface area contributed by atoms with Gasteiger partial charge in [0.1, 0.15) is 18.5 Å². The maximum absolute atomic E-state index is 15.4. The summed E-state index contributed by atoms with van der Waals surface area (Å²) in [5, 5.41) is 0. The van der Waals surface area contributed by atoms with Gasteiger partial charge in [-0.2, -0.15) is 4.98 Å². The molecule has 2 heterocycles. The number of unbranched alkanes of at least 4 members (excludes halogenated alkanes) is 8. The van der Waals surface area contributed by atoms with Gasteiger partial charge in [-0.15, -0.1) is 0 Å². The van der Waals surface area contributed by atoms with Crippen molar-refractivity contribution in [3.63, 3.8) is 0 Å². The fourth-order valence-corrected chi connectivity index (χ4v) is 4.02. The number of rotatable bonds is 16. The second-order valence-corrected chi connectivity index (χ2v) is 9.02. The minimum absolute atomic E-state index is 0.00452. The second-order valence-electron chi connectivity index (χ2n) is 9.02. The largest absolute Gasteiger partial charge is 0.463 e. The Kier molecular flexibility index (Phi) is 12.7. The van der Waals surface area contributed by atoms with Crippen molar-refractivity contribution >= 4 is 17.8 Å². The normalized spacial score (nSPS) is 21.7. The molecule has 0 aliphatic carbocycles. The van der Waals surface area contributed by atoms with Crippen LogP contribution in [-0.2, 0) is 23.8 Å². The van der Waals surface area contributed by atoms with Gasteiger partial charge in [0.2, 0.25) is 0 Å². The number of carbonyl (C=O) groups excluding carboxylic acids is 2. The smallest absolute Gasteiger partial charge is 0.351 e. The van der Waals surface area contributed by atoms with E-state index in [1.54, 1.807) is 0 Å². The van der Waals surface area contributed by atoms with Crippen LogP contribution in [0, 0.1) is 0 Å². The van der Waals surface area contributed by atoms with Gasteiger partial charge < -0.3 is 19.9 Å². The molecule has 0 aromatic carbocycles. The Balaban J connectivity index is 1.99. The molecule has 9 nitrogen and oxygen atoms in total. The molecule has 0 radical (unpaired) electrons. The van der Waals surface area contributed by atoms with Gasteiger partial charge >= 0.3 is 17.6 Å². The Bertz CT molecular complexity index is 849. The number of nitrogens with zero attached hydrogens (tertiary/aromatic N) is 2. The van der Waals surface area contributed by atoms with Gasteiger partial charge in [0.25, 0.3) is 0 Å². The molecule has 198 valence electrons. The zero-order valence-electron chi connectivity index (χ0n) is 21.0. The highest BCUT2D eigenvalue weighted by Crippen LogP contribution is 2.33. The molecule has 1 saturated heterocycles. The van der Waals surface area contributed by atoms with E-state index in [0.717, 1.165) is 55.9 Å². The fraction of sp³-hybridized carbons (Fsp3) is 0.760. The van der Waals surface area contributed by atoms with E-state index in [2.05, 4.69) is 18.8 Å². The van der Waals surface area contributed by atoms with Gasteiger partial charge in [0.05, 0.1) is 0 Å². The highest BCUT2D eigenvalue weighted by Gasteiger charge is 2.49. The molecule has 35 heavy (non-hydrogen) atoms. The van der Waals surface area contributed by atoms with E-state index < -0.39 is 42.2 Å². The lowest BCUT2D eigenvalue weighted by molar-refractivity contribution is -0.159. The maximum Gasteiger partial charge on any atom is 0.351 e. The Morgan fingerprint density at radius 3 is 2.23 bits per heavy atom. The number of anilines is 1. The summed E-state index contributed by atoms with van der Waals surface area (Å²) < 4.78 is 32.8. The summed E-state index contributed by atoms with van der Waals surface area (Å²) in [6.07, 6.45) is 5.77. The minimum Gasteiger partial charge on any atom is -0.463 e. The van der Waals surface area contributed by atoms with E-state index in [4.69, 9.17) is 19.9 Å². The van der Waals surface area contributed by atoms with Crippen molar-refractivity contribution in [1.29, 1.82) is 0 Å². The van der Waals surface area contributed by atoms with Crippen LogP contribution in [-0.4, -0.2) is 46.5 Å². The van der Waals surface area contributed by atoms with E-state index in [1.165, 1.54) is 12.3 Å². The highest BCUT2D eigenvalue weighted by atomic mass is 19.1. The van der Waals surface area contributed by atoms with Crippen molar-refractivity contribution in [2.45, 2.75) is 116 Å². The van der Waals surface area contributed by atoms with Crippen molar-refractivity contribution < 1.29 is 28.2 Å². The zero-order valence-corrected chi connectivity index (χ0v) is 21.0. The number of esters is 2. The van der Waals surface area contributed by atoms with Crippen molar-refractivity contribution in [2.24, 2.45) is 0 Å². The van der Waals surface area contributed by atoms with Gasteiger partial charge in [0, 0.05) is 19.0 Å². The monoisotopic (exact) mass is 497 g/mol. The number of nitrogens with two attached hydrogens (primary N) is 1. The number of ether oxygens (including phenoxy) is 3. The van der Waals surface area contributed by atoms with Gasteiger partial charge in [0.15, 0.2) is 18.5 Å². The third-order valence-electron chi connectivity index (χ3n) is 6.04. The molecule has 1 aromatic rings. The predicted octanol–water partition coefficient (Wildman–Crippen LogP) is 4.24. The van der Waals surface area contributed by atoms with Crippen molar-refractivity contribution in [3.8, 4) is 0 Å². The fourth-order valence-electron chi connectivity index (χ4n) is 4.02. The topological polar surface area (TPSA) is 123 Å². The van der Waals surface area contributed by atoms with Crippen LogP contribution in [0.15, 0.2) is 17.1 Å². The van der Waals surface area contributed by atoms with E-state index in [1.807, 2.05) is 0 Å². The highest BCUT2D eigenvalue weighted by molar-refractivity contribution is 5.70. The average molecular weight is 498 g/mol. The van der Waals surface area contributed by atoms with Gasteiger partial charge in [-0.1, -0.05) is 65.2 Å². The van der Waals surface area contributed by atoms with Gasteiger partial charge in [-0.25, -0.2) is 9.18 Å². The first-order valence-electron chi connectivity index (χ1n) is 12.9. The Labute approximate surface area is 206 Å². The molecule has 1 fully saturated rings. The minimum atomic E-state index is -1.85. The average Bonchev–Trinajstić information content (AvgIpc) is 3.12. The first-order chi connectivity index (χ1) is 16.9. The van der Waals surface area contributed by atoms with Crippen LogP contribution in [0.5, 0.6) is 0 Å². The molecule has 0 spiro atoms. The standard InChI is InChI=1S/C25H40FN3O6/c1-3-5-7-9-11-13-20(30)33-17-18-23(35-21(31)14-12-10-8-6-4-2)22(26)24(34-18)29-16-15-19(27)28-25(29)32/h15-16,18,22-24H,3-14,17H2,1-2H3,(H2,27,28,32)/t18-,22-,23-,24-/m1/s1. The van der Waals surface area contributed by atoms with E-state index in [9.17, 15) is 14.4 Å². The molecule has 10 heteroatoms. The Morgan fingerprint density at radius 2 is 1.63 bits per heavy atom. The molecular weight excluding hydrogens is 457 g/mol. The third kappa shape index (κ3) is 9.58. The van der Waals surface area contributed by atoms with Crippen LogP contribution in [0.3, 0.4) is 0 Å². The van der Waals surface area contributed by atoms with Crippen molar-refractivity contribution in [3.05, 3.63) is 22.7 Å². The Morgan fingerprint density at radius 1 is 1.03 bits per heavy atom. The van der Waals surface area contributed by atoms with Gasteiger partial charge in [-0.05, 0) is 18.9 Å². The molecule has 1 aliphatic heterocycles. The van der Waals surface area contributed by atoms with E-state index in [-0.39, 0.29) is 25.3 Å². The molecule has 0 saturated carbocycles. The summed E-state index contributed by atoms with van der Waals surface area (Å²) in [5.41, 5.74) is 4.73. The number of aromatic nitrogens is 2. The van der Waals surface area contributed by atoms with Crippen molar-refractivity contribution in [2.75, 3.05) is 12.3 Å². The summed E-state index contributed by atoms with van der Waals surface area (Å²) in [4.78, 5) is 40.4. The molecule has 0 bridgehead atoms. The molecular formula is C25H40FN3O6. The SMILES string of the molecule is CCCCCCCC(=O)OC[C@H]1O[C@@H](n2ccc(N)nc2=O)[C@H](F)[C@@H]1OC(=O)CCCCCCC. The number of nitrogen functional groups attached to an aromatic ring is 1. The first-order valence-corrected chi connectivity index (χ1v) is 12.9. The summed E-state index contributed by atoms with van der Waals surface area (Å²) in [6, 6.07) is 1.35. The lowest BCUT2D eigenvalue weighted by atomic mass is 10.1. The van der Waals surface area contributed by atoms with Crippen LogP contribution in [0.25, 0.3) is 0 Å². The maximum atomic E-state index is 15.4. The van der Waals surface area contributed by atoms with E-state index >= 15 is 4.39 Å². The number of alkyl halides is 1. The van der Waals surface area contributed by atoms with Crippen LogP contribution < -0.4 is 11.4 Å². The first kappa shape index (κ1) is 28.7. The molecule has 0 unspecified atom stereocenters.